The predicted molar refractivity (Wildman–Crippen MR) is 124 cm³/mol. The maximum absolute atomic E-state index is 12.5. The van der Waals surface area contributed by atoms with E-state index >= 15 is 0 Å². The number of ether oxygens (including phenoxy) is 1. The van der Waals surface area contributed by atoms with Gasteiger partial charge in [-0.2, -0.15) is 0 Å². The highest BCUT2D eigenvalue weighted by Crippen LogP contribution is 2.27. The van der Waals surface area contributed by atoms with Crippen molar-refractivity contribution in [1.82, 2.24) is 10.3 Å². The van der Waals surface area contributed by atoms with Gasteiger partial charge in [0.2, 0.25) is 11.8 Å². The molecule has 1 aliphatic rings. The number of rotatable bonds is 5. The van der Waals surface area contributed by atoms with Crippen molar-refractivity contribution in [3.63, 3.8) is 0 Å². The molecule has 0 bridgehead atoms. The van der Waals surface area contributed by atoms with Crippen molar-refractivity contribution in [3.05, 3.63) is 65.9 Å². The van der Waals surface area contributed by atoms with Gasteiger partial charge in [-0.25, -0.2) is 0 Å². The molecule has 0 radical (unpaired) electrons. The van der Waals surface area contributed by atoms with Crippen LogP contribution >= 0.6 is 0 Å². The van der Waals surface area contributed by atoms with Gasteiger partial charge in [0.1, 0.15) is 12.4 Å². The third-order valence-corrected chi connectivity index (χ3v) is 5.66. The molecule has 1 aromatic heterocycles. The quantitative estimate of drug-likeness (QED) is 0.634. The Labute approximate surface area is 187 Å². The lowest BCUT2D eigenvalue weighted by Gasteiger charge is -2.17. The number of hydrogen-bond acceptors (Lipinski definition) is 4. The third kappa shape index (κ3) is 4.89. The summed E-state index contributed by atoms with van der Waals surface area (Å²) in [5, 5.41) is 3.85. The number of fused-ring (bicyclic) bond motifs is 1. The van der Waals surface area contributed by atoms with Crippen molar-refractivity contribution in [2.24, 2.45) is 5.92 Å². The van der Waals surface area contributed by atoms with Crippen LogP contribution < -0.4 is 15.0 Å². The van der Waals surface area contributed by atoms with E-state index in [4.69, 9.17) is 4.74 Å². The SMILES string of the molecule is Cc1ccc(N2CC(C(=O)NCC#CCOc3ccc4cccnc4c3)CC2=O)cc1C. The number of anilines is 1. The van der Waals surface area contributed by atoms with Crippen molar-refractivity contribution >= 4 is 28.4 Å². The molecule has 3 aromatic rings. The highest BCUT2D eigenvalue weighted by atomic mass is 16.5. The summed E-state index contributed by atoms with van der Waals surface area (Å²) in [7, 11) is 0. The number of carbonyl (C=O) groups is 2. The van der Waals surface area contributed by atoms with E-state index in [1.165, 1.54) is 5.56 Å². The number of carbonyl (C=O) groups excluding carboxylic acids is 2. The van der Waals surface area contributed by atoms with Gasteiger partial charge in [-0.3, -0.25) is 14.6 Å². The van der Waals surface area contributed by atoms with Crippen LogP contribution in [-0.2, 0) is 9.59 Å². The van der Waals surface area contributed by atoms with E-state index in [-0.39, 0.29) is 37.3 Å². The van der Waals surface area contributed by atoms with Crippen LogP contribution in [0.15, 0.2) is 54.7 Å². The zero-order valence-electron chi connectivity index (χ0n) is 18.2. The van der Waals surface area contributed by atoms with Crippen LogP contribution in [0.4, 0.5) is 5.69 Å². The monoisotopic (exact) mass is 427 g/mol. The summed E-state index contributed by atoms with van der Waals surface area (Å²) in [4.78, 5) is 30.9. The summed E-state index contributed by atoms with van der Waals surface area (Å²) in [6, 6.07) is 15.5. The molecule has 4 rings (SSSR count). The van der Waals surface area contributed by atoms with E-state index in [9.17, 15) is 9.59 Å². The second-order valence-corrected chi connectivity index (χ2v) is 7.89. The van der Waals surface area contributed by atoms with Gasteiger partial charge in [-0.15, -0.1) is 0 Å². The molecule has 162 valence electrons. The highest BCUT2D eigenvalue weighted by Gasteiger charge is 2.34. The van der Waals surface area contributed by atoms with Crippen molar-refractivity contribution in [3.8, 4) is 17.6 Å². The van der Waals surface area contributed by atoms with Crippen molar-refractivity contribution < 1.29 is 14.3 Å². The molecule has 1 atom stereocenters. The lowest BCUT2D eigenvalue weighted by Crippen LogP contribution is -2.33. The number of nitrogens with one attached hydrogen (secondary N) is 1. The molecule has 32 heavy (non-hydrogen) atoms. The molecule has 1 aliphatic heterocycles. The van der Waals surface area contributed by atoms with Gasteiger partial charge in [0.15, 0.2) is 0 Å². The van der Waals surface area contributed by atoms with Crippen LogP contribution in [-0.4, -0.2) is 36.5 Å². The van der Waals surface area contributed by atoms with Crippen LogP contribution in [0.1, 0.15) is 17.5 Å². The molecule has 2 amide bonds. The molecule has 6 nitrogen and oxygen atoms in total. The van der Waals surface area contributed by atoms with Gasteiger partial charge in [-0.05, 0) is 55.3 Å². The lowest BCUT2D eigenvalue weighted by molar-refractivity contribution is -0.126. The van der Waals surface area contributed by atoms with Gasteiger partial charge in [0.05, 0.1) is 18.0 Å². The minimum absolute atomic E-state index is 0.0298. The van der Waals surface area contributed by atoms with Crippen molar-refractivity contribution in [1.29, 1.82) is 0 Å². The maximum atomic E-state index is 12.5. The molecule has 1 N–H and O–H groups in total. The van der Waals surface area contributed by atoms with Gasteiger partial charge in [0.25, 0.3) is 0 Å². The number of amides is 2. The van der Waals surface area contributed by atoms with Gasteiger partial charge < -0.3 is 15.0 Å². The Kier molecular flexibility index (Phi) is 6.37. The summed E-state index contributed by atoms with van der Waals surface area (Å²) in [5.74, 6) is 5.94. The molecule has 2 heterocycles. The summed E-state index contributed by atoms with van der Waals surface area (Å²) < 4.78 is 5.64. The highest BCUT2D eigenvalue weighted by molar-refractivity contribution is 6.00. The Morgan fingerprint density at radius 3 is 2.88 bits per heavy atom. The van der Waals surface area contributed by atoms with E-state index in [2.05, 4.69) is 22.1 Å². The first-order chi connectivity index (χ1) is 15.5. The number of benzene rings is 2. The fraction of sp³-hybridized carbons (Fsp3) is 0.269. The van der Waals surface area contributed by atoms with Gasteiger partial charge in [-0.1, -0.05) is 24.0 Å². The molecule has 1 saturated heterocycles. The van der Waals surface area contributed by atoms with Crippen LogP contribution in [0.5, 0.6) is 5.75 Å². The minimum atomic E-state index is -0.368. The summed E-state index contributed by atoms with van der Waals surface area (Å²) in [6.45, 7) is 4.88. The largest absolute Gasteiger partial charge is 0.481 e. The smallest absolute Gasteiger partial charge is 0.227 e. The molecule has 2 aromatic carbocycles. The molecular weight excluding hydrogens is 402 g/mol. The Bertz CT molecular complexity index is 1230. The number of aryl methyl sites for hydroxylation is 2. The summed E-state index contributed by atoms with van der Waals surface area (Å²) >= 11 is 0. The van der Waals surface area contributed by atoms with Crippen LogP contribution in [0, 0.1) is 31.6 Å². The molecule has 0 saturated carbocycles. The van der Waals surface area contributed by atoms with Crippen LogP contribution in [0.25, 0.3) is 10.9 Å². The van der Waals surface area contributed by atoms with E-state index in [1.54, 1.807) is 11.1 Å². The van der Waals surface area contributed by atoms with Crippen LogP contribution in [0.3, 0.4) is 0 Å². The van der Waals surface area contributed by atoms with E-state index < -0.39 is 0 Å². The second kappa shape index (κ2) is 9.52. The topological polar surface area (TPSA) is 71.5 Å². The Hall–Kier alpha value is -3.85. The fourth-order valence-electron chi connectivity index (χ4n) is 3.67. The molecule has 0 spiro atoms. The summed E-state index contributed by atoms with van der Waals surface area (Å²) in [5.41, 5.74) is 4.01. The zero-order valence-corrected chi connectivity index (χ0v) is 18.2. The molecule has 6 heteroatoms. The Balaban J connectivity index is 1.24. The lowest BCUT2D eigenvalue weighted by atomic mass is 10.1. The number of pyridine rings is 1. The Morgan fingerprint density at radius 1 is 1.16 bits per heavy atom. The summed E-state index contributed by atoms with van der Waals surface area (Å²) in [6.07, 6.45) is 1.96. The molecular formula is C26H25N3O3. The first kappa shape index (κ1) is 21.4. The third-order valence-electron chi connectivity index (χ3n) is 5.66. The fourth-order valence-corrected chi connectivity index (χ4v) is 3.67. The number of aromatic nitrogens is 1. The normalized spacial score (nSPS) is 15.4. The van der Waals surface area contributed by atoms with Crippen molar-refractivity contribution in [2.45, 2.75) is 20.3 Å². The zero-order chi connectivity index (χ0) is 22.5. The molecule has 0 aliphatic carbocycles. The minimum Gasteiger partial charge on any atom is -0.481 e. The molecule has 1 unspecified atom stereocenters. The number of nitrogens with zero attached hydrogens (tertiary/aromatic N) is 2. The maximum Gasteiger partial charge on any atom is 0.227 e. The van der Waals surface area contributed by atoms with E-state index in [0.717, 1.165) is 22.2 Å². The first-order valence-corrected chi connectivity index (χ1v) is 10.6. The van der Waals surface area contributed by atoms with Crippen molar-refractivity contribution in [2.75, 3.05) is 24.6 Å². The average molecular weight is 428 g/mol. The van der Waals surface area contributed by atoms with Gasteiger partial charge >= 0.3 is 0 Å². The molecule has 1 fully saturated rings. The standard InChI is InChI=1S/C26H25N3O3/c1-18-7-9-22(14-19(18)2)29-17-21(15-25(29)30)26(31)28-11-3-4-13-32-23-10-8-20-6-5-12-27-24(20)16-23/h5-10,12,14,16,21H,11,13,15,17H2,1-2H3,(H,28,31). The second-order valence-electron chi connectivity index (χ2n) is 7.89. The first-order valence-electron chi connectivity index (χ1n) is 10.6. The van der Waals surface area contributed by atoms with E-state index in [1.807, 2.05) is 62.4 Å². The van der Waals surface area contributed by atoms with E-state index in [0.29, 0.717) is 12.3 Å². The predicted octanol–water partition coefficient (Wildman–Crippen LogP) is 3.40. The number of hydrogen-bond donors (Lipinski definition) is 1. The van der Waals surface area contributed by atoms with Crippen LogP contribution in [0.2, 0.25) is 0 Å². The van der Waals surface area contributed by atoms with Gasteiger partial charge in [0, 0.05) is 36.3 Å². The average Bonchev–Trinajstić information content (AvgIpc) is 3.19. The Morgan fingerprint density at radius 2 is 2.03 bits per heavy atom.